The van der Waals surface area contributed by atoms with Crippen LogP contribution in [0.25, 0.3) is 0 Å². The van der Waals surface area contributed by atoms with E-state index in [-0.39, 0.29) is 5.91 Å². The van der Waals surface area contributed by atoms with E-state index < -0.39 is 0 Å². The zero-order valence-corrected chi connectivity index (χ0v) is 11.2. The number of hydrogen-bond donors (Lipinski definition) is 1. The van der Waals surface area contributed by atoms with E-state index in [0.29, 0.717) is 13.0 Å². The smallest absolute Gasteiger partial charge is 0.223 e. The molecule has 0 fully saturated rings. The molecule has 0 atom stereocenters. The van der Waals surface area contributed by atoms with Crippen molar-refractivity contribution in [2.75, 3.05) is 27.2 Å². The van der Waals surface area contributed by atoms with E-state index in [2.05, 4.69) is 12.1 Å². The summed E-state index contributed by atoms with van der Waals surface area (Å²) in [5.74, 6) is 0.987. The van der Waals surface area contributed by atoms with Gasteiger partial charge in [-0.1, -0.05) is 12.1 Å². The molecule has 0 saturated carbocycles. The van der Waals surface area contributed by atoms with E-state index in [4.69, 9.17) is 10.5 Å². The second kappa shape index (κ2) is 7.71. The number of nitrogens with zero attached hydrogens (tertiary/aromatic N) is 1. The molecule has 18 heavy (non-hydrogen) atoms. The zero-order chi connectivity index (χ0) is 13.4. The van der Waals surface area contributed by atoms with Gasteiger partial charge in [0.15, 0.2) is 0 Å². The summed E-state index contributed by atoms with van der Waals surface area (Å²) in [4.78, 5) is 13.2. The van der Waals surface area contributed by atoms with Gasteiger partial charge in [0.05, 0.1) is 7.11 Å². The maximum atomic E-state index is 11.5. The summed E-state index contributed by atoms with van der Waals surface area (Å²) in [6.07, 6.45) is 2.35. The Kier molecular flexibility index (Phi) is 6.22. The number of methoxy groups -OCH3 is 1. The average Bonchev–Trinajstić information content (AvgIpc) is 2.39. The summed E-state index contributed by atoms with van der Waals surface area (Å²) in [5.41, 5.74) is 6.61. The topological polar surface area (TPSA) is 55.6 Å². The first-order valence-electron chi connectivity index (χ1n) is 6.24. The Morgan fingerprint density at radius 3 is 2.56 bits per heavy atom. The lowest BCUT2D eigenvalue weighted by molar-refractivity contribution is -0.129. The quantitative estimate of drug-likeness (QED) is 0.796. The van der Waals surface area contributed by atoms with E-state index in [0.717, 1.165) is 25.1 Å². The molecule has 4 heteroatoms. The van der Waals surface area contributed by atoms with Crippen LogP contribution in [-0.4, -0.2) is 38.1 Å². The SMILES string of the molecule is COc1ccc(CCCN(C)C(=O)CCN)cc1. The standard InChI is InChI=1S/C14H22N2O2/c1-16(14(17)9-10-15)11-3-4-12-5-7-13(18-2)8-6-12/h5-8H,3-4,9-11,15H2,1-2H3. The number of nitrogens with two attached hydrogens (primary N) is 1. The van der Waals surface area contributed by atoms with Crippen LogP contribution in [0.4, 0.5) is 0 Å². The van der Waals surface area contributed by atoms with Crippen LogP contribution in [0.5, 0.6) is 5.75 Å². The predicted octanol–water partition coefficient (Wildman–Crippen LogP) is 1.43. The summed E-state index contributed by atoms with van der Waals surface area (Å²) < 4.78 is 5.11. The Labute approximate surface area is 109 Å². The van der Waals surface area contributed by atoms with E-state index in [9.17, 15) is 4.79 Å². The van der Waals surface area contributed by atoms with Crippen molar-refractivity contribution in [2.45, 2.75) is 19.3 Å². The van der Waals surface area contributed by atoms with E-state index >= 15 is 0 Å². The molecule has 0 spiro atoms. The molecule has 0 aliphatic carbocycles. The number of rotatable bonds is 7. The normalized spacial score (nSPS) is 10.2. The fourth-order valence-electron chi connectivity index (χ4n) is 1.75. The third kappa shape index (κ3) is 4.75. The number of benzene rings is 1. The van der Waals surface area contributed by atoms with Crippen LogP contribution in [0.15, 0.2) is 24.3 Å². The Morgan fingerprint density at radius 1 is 1.33 bits per heavy atom. The van der Waals surface area contributed by atoms with Gasteiger partial charge in [0.25, 0.3) is 0 Å². The van der Waals surface area contributed by atoms with Crippen LogP contribution >= 0.6 is 0 Å². The summed E-state index contributed by atoms with van der Waals surface area (Å²) in [6, 6.07) is 8.03. The molecular weight excluding hydrogens is 228 g/mol. The first-order chi connectivity index (χ1) is 8.67. The Hall–Kier alpha value is -1.55. The molecule has 1 aromatic carbocycles. The third-order valence-corrected chi connectivity index (χ3v) is 2.90. The molecule has 1 amide bonds. The highest BCUT2D eigenvalue weighted by atomic mass is 16.5. The van der Waals surface area contributed by atoms with Crippen molar-refractivity contribution in [2.24, 2.45) is 5.73 Å². The minimum atomic E-state index is 0.118. The molecule has 0 heterocycles. The summed E-state index contributed by atoms with van der Waals surface area (Å²) in [7, 11) is 3.49. The molecular formula is C14H22N2O2. The highest BCUT2D eigenvalue weighted by Crippen LogP contribution is 2.12. The minimum Gasteiger partial charge on any atom is -0.497 e. The first-order valence-corrected chi connectivity index (χ1v) is 6.24. The maximum absolute atomic E-state index is 11.5. The van der Waals surface area contributed by atoms with Crippen molar-refractivity contribution < 1.29 is 9.53 Å². The van der Waals surface area contributed by atoms with Crippen LogP contribution in [0.3, 0.4) is 0 Å². The molecule has 4 nitrogen and oxygen atoms in total. The van der Waals surface area contributed by atoms with Gasteiger partial charge in [-0.3, -0.25) is 4.79 Å². The highest BCUT2D eigenvalue weighted by Gasteiger charge is 2.06. The Morgan fingerprint density at radius 2 is 2.00 bits per heavy atom. The molecule has 100 valence electrons. The van der Waals surface area contributed by atoms with Crippen molar-refractivity contribution >= 4 is 5.91 Å². The zero-order valence-electron chi connectivity index (χ0n) is 11.2. The van der Waals surface area contributed by atoms with Crippen LogP contribution < -0.4 is 10.5 Å². The molecule has 1 aromatic rings. The van der Waals surface area contributed by atoms with Crippen molar-refractivity contribution in [3.63, 3.8) is 0 Å². The molecule has 0 unspecified atom stereocenters. The third-order valence-electron chi connectivity index (χ3n) is 2.90. The lowest BCUT2D eigenvalue weighted by Crippen LogP contribution is -2.29. The number of carbonyl (C=O) groups is 1. The van der Waals surface area contributed by atoms with Gasteiger partial charge in [-0.2, -0.15) is 0 Å². The molecule has 2 N–H and O–H groups in total. The Bertz CT molecular complexity index is 363. The van der Waals surface area contributed by atoms with Crippen LogP contribution in [0.1, 0.15) is 18.4 Å². The van der Waals surface area contributed by atoms with Gasteiger partial charge in [0, 0.05) is 26.6 Å². The lowest BCUT2D eigenvalue weighted by atomic mass is 10.1. The van der Waals surface area contributed by atoms with Crippen molar-refractivity contribution in [1.82, 2.24) is 4.90 Å². The highest BCUT2D eigenvalue weighted by molar-refractivity contribution is 5.75. The molecule has 0 aliphatic heterocycles. The van der Waals surface area contributed by atoms with Gasteiger partial charge >= 0.3 is 0 Å². The number of carbonyl (C=O) groups excluding carboxylic acids is 1. The largest absolute Gasteiger partial charge is 0.497 e. The van der Waals surface area contributed by atoms with Gasteiger partial charge in [0.1, 0.15) is 5.75 Å². The second-order valence-electron chi connectivity index (χ2n) is 4.31. The van der Waals surface area contributed by atoms with E-state index in [1.807, 2.05) is 19.2 Å². The fourth-order valence-corrected chi connectivity index (χ4v) is 1.75. The molecule has 0 aromatic heterocycles. The summed E-state index contributed by atoms with van der Waals surface area (Å²) >= 11 is 0. The molecule has 0 aliphatic rings. The van der Waals surface area contributed by atoms with Gasteiger partial charge in [-0.05, 0) is 30.5 Å². The maximum Gasteiger partial charge on any atom is 0.223 e. The van der Waals surface area contributed by atoms with Crippen molar-refractivity contribution in [3.8, 4) is 5.75 Å². The fraction of sp³-hybridized carbons (Fsp3) is 0.500. The second-order valence-corrected chi connectivity index (χ2v) is 4.31. The van der Waals surface area contributed by atoms with Gasteiger partial charge in [-0.15, -0.1) is 0 Å². The average molecular weight is 250 g/mol. The molecule has 1 rings (SSSR count). The van der Waals surface area contributed by atoms with Crippen LogP contribution in [0, 0.1) is 0 Å². The summed E-state index contributed by atoms with van der Waals surface area (Å²) in [6.45, 7) is 1.19. The van der Waals surface area contributed by atoms with Crippen LogP contribution in [0.2, 0.25) is 0 Å². The minimum absolute atomic E-state index is 0.118. The monoisotopic (exact) mass is 250 g/mol. The van der Waals surface area contributed by atoms with E-state index in [1.54, 1.807) is 12.0 Å². The van der Waals surface area contributed by atoms with Crippen molar-refractivity contribution in [1.29, 1.82) is 0 Å². The van der Waals surface area contributed by atoms with Gasteiger partial charge in [-0.25, -0.2) is 0 Å². The summed E-state index contributed by atoms with van der Waals surface area (Å²) in [5, 5.41) is 0. The number of ether oxygens (including phenoxy) is 1. The first kappa shape index (κ1) is 14.5. The number of aryl methyl sites for hydroxylation is 1. The Balaban J connectivity index is 2.30. The van der Waals surface area contributed by atoms with Gasteiger partial charge < -0.3 is 15.4 Å². The van der Waals surface area contributed by atoms with Gasteiger partial charge in [0.2, 0.25) is 5.91 Å². The van der Waals surface area contributed by atoms with Crippen LogP contribution in [-0.2, 0) is 11.2 Å². The number of hydrogen-bond acceptors (Lipinski definition) is 3. The molecule has 0 radical (unpaired) electrons. The molecule has 0 saturated heterocycles. The predicted molar refractivity (Wildman–Crippen MR) is 72.6 cm³/mol. The lowest BCUT2D eigenvalue weighted by Gasteiger charge is -2.16. The number of amides is 1. The van der Waals surface area contributed by atoms with Crippen molar-refractivity contribution in [3.05, 3.63) is 29.8 Å². The molecule has 0 bridgehead atoms. The van der Waals surface area contributed by atoms with E-state index in [1.165, 1.54) is 5.56 Å².